The number of rotatable bonds is 1. The van der Waals surface area contributed by atoms with Gasteiger partial charge >= 0.3 is 5.97 Å². The molecule has 0 spiro atoms. The predicted molar refractivity (Wildman–Crippen MR) is 54.6 cm³/mol. The van der Waals surface area contributed by atoms with Crippen molar-refractivity contribution in [2.75, 3.05) is 0 Å². The Morgan fingerprint density at radius 2 is 2.13 bits per heavy atom. The number of carbonyl (C=O) groups is 1. The van der Waals surface area contributed by atoms with Crippen molar-refractivity contribution in [2.45, 2.75) is 0 Å². The van der Waals surface area contributed by atoms with Gasteiger partial charge in [0.2, 0.25) is 0 Å². The SMILES string of the molecule is Cn1cc(Cl)n2c(=O)cc(C(=O)O)cc12. The Bertz CT molecular complexity index is 612. The van der Waals surface area contributed by atoms with Crippen molar-refractivity contribution >= 4 is 23.2 Å². The third-order valence-electron chi connectivity index (χ3n) is 2.14. The number of aromatic nitrogens is 2. The molecule has 0 radical (unpaired) electrons. The van der Waals surface area contributed by atoms with Crippen molar-refractivity contribution in [3.8, 4) is 0 Å². The molecule has 2 aromatic heterocycles. The number of halogens is 1. The molecule has 78 valence electrons. The lowest BCUT2D eigenvalue weighted by atomic mass is 10.2. The van der Waals surface area contributed by atoms with Gasteiger partial charge in [0.1, 0.15) is 10.8 Å². The summed E-state index contributed by atoms with van der Waals surface area (Å²) in [5, 5.41) is 9.03. The number of aryl methyl sites for hydroxylation is 1. The van der Waals surface area contributed by atoms with E-state index in [-0.39, 0.29) is 10.7 Å². The summed E-state index contributed by atoms with van der Waals surface area (Å²) in [5.41, 5.74) is -0.0433. The van der Waals surface area contributed by atoms with Crippen LogP contribution in [0.1, 0.15) is 10.4 Å². The fourth-order valence-corrected chi connectivity index (χ4v) is 1.75. The van der Waals surface area contributed by atoms with Crippen molar-refractivity contribution < 1.29 is 9.90 Å². The number of aromatic carboxylic acids is 1. The van der Waals surface area contributed by atoms with Crippen LogP contribution in [-0.4, -0.2) is 20.0 Å². The van der Waals surface area contributed by atoms with Crippen LogP contribution in [0.3, 0.4) is 0 Å². The molecule has 0 aliphatic heterocycles. The van der Waals surface area contributed by atoms with Crippen molar-refractivity contribution in [1.29, 1.82) is 0 Å². The molecule has 0 aliphatic rings. The Labute approximate surface area is 89.1 Å². The van der Waals surface area contributed by atoms with Gasteiger partial charge in [-0.1, -0.05) is 11.6 Å². The molecule has 2 rings (SSSR count). The van der Waals surface area contributed by atoms with Gasteiger partial charge in [-0.25, -0.2) is 4.79 Å². The lowest BCUT2D eigenvalue weighted by Gasteiger charge is -1.98. The van der Waals surface area contributed by atoms with Crippen LogP contribution in [0.25, 0.3) is 5.65 Å². The van der Waals surface area contributed by atoms with Gasteiger partial charge in [0, 0.05) is 19.3 Å². The van der Waals surface area contributed by atoms with Gasteiger partial charge in [0.05, 0.1) is 5.56 Å². The summed E-state index contributed by atoms with van der Waals surface area (Å²) in [4.78, 5) is 22.3. The number of fused-ring (bicyclic) bond motifs is 1. The first-order valence-electron chi connectivity index (χ1n) is 4.11. The van der Waals surface area contributed by atoms with Crippen LogP contribution in [0.4, 0.5) is 0 Å². The third-order valence-corrected chi connectivity index (χ3v) is 2.40. The number of carboxylic acids is 1. The second-order valence-corrected chi connectivity index (χ2v) is 3.53. The summed E-state index contributed by atoms with van der Waals surface area (Å²) in [6.07, 6.45) is 1.55. The third kappa shape index (κ3) is 1.41. The van der Waals surface area contributed by atoms with E-state index in [0.29, 0.717) is 5.65 Å². The Kier molecular flexibility index (Phi) is 2.04. The first-order chi connectivity index (χ1) is 7.00. The molecule has 0 saturated heterocycles. The average molecular weight is 227 g/mol. The van der Waals surface area contributed by atoms with Crippen molar-refractivity contribution in [3.05, 3.63) is 39.4 Å². The minimum Gasteiger partial charge on any atom is -0.478 e. The number of hydrogen-bond acceptors (Lipinski definition) is 2. The minimum absolute atomic E-state index is 0.0436. The number of pyridine rings is 1. The summed E-state index contributed by atoms with van der Waals surface area (Å²) in [6.45, 7) is 0. The fourth-order valence-electron chi connectivity index (χ4n) is 1.44. The normalized spacial score (nSPS) is 10.8. The van der Waals surface area contributed by atoms with Crippen molar-refractivity contribution in [3.63, 3.8) is 0 Å². The Balaban J connectivity index is 2.94. The zero-order valence-electron chi connectivity index (χ0n) is 7.77. The number of imidazole rings is 1. The van der Waals surface area contributed by atoms with E-state index in [1.807, 2.05) is 0 Å². The first kappa shape index (κ1) is 9.79. The second kappa shape index (κ2) is 3.13. The van der Waals surface area contributed by atoms with E-state index in [2.05, 4.69) is 0 Å². The molecule has 1 N–H and O–H groups in total. The maximum absolute atomic E-state index is 11.5. The molecule has 15 heavy (non-hydrogen) atoms. The van der Waals surface area contributed by atoms with E-state index >= 15 is 0 Å². The summed E-state index contributed by atoms with van der Waals surface area (Å²) in [5.74, 6) is -1.13. The van der Waals surface area contributed by atoms with Crippen LogP contribution < -0.4 is 5.56 Å². The average Bonchev–Trinajstić information content (AvgIpc) is 2.42. The summed E-state index contributed by atoms with van der Waals surface area (Å²) < 4.78 is 2.84. The van der Waals surface area contributed by atoms with E-state index in [4.69, 9.17) is 16.7 Å². The second-order valence-electron chi connectivity index (χ2n) is 3.14. The Hall–Kier alpha value is -1.75. The predicted octanol–water partition coefficient (Wildman–Crippen LogP) is 0.990. The Morgan fingerprint density at radius 3 is 2.73 bits per heavy atom. The molecular weight excluding hydrogens is 220 g/mol. The molecule has 0 aromatic carbocycles. The van der Waals surface area contributed by atoms with Crippen LogP contribution >= 0.6 is 11.6 Å². The minimum atomic E-state index is -1.13. The zero-order valence-corrected chi connectivity index (χ0v) is 8.52. The van der Waals surface area contributed by atoms with E-state index in [9.17, 15) is 9.59 Å². The van der Waals surface area contributed by atoms with Crippen LogP contribution in [-0.2, 0) is 7.05 Å². The van der Waals surface area contributed by atoms with Crippen LogP contribution in [0.15, 0.2) is 23.1 Å². The quantitative estimate of drug-likeness (QED) is 0.789. The van der Waals surface area contributed by atoms with Crippen molar-refractivity contribution in [2.24, 2.45) is 7.05 Å². The molecule has 0 atom stereocenters. The molecule has 0 fully saturated rings. The topological polar surface area (TPSA) is 63.7 Å². The molecule has 0 saturated carbocycles. The highest BCUT2D eigenvalue weighted by molar-refractivity contribution is 6.29. The molecule has 6 heteroatoms. The van der Waals surface area contributed by atoms with Gasteiger partial charge in [-0.15, -0.1) is 0 Å². The highest BCUT2D eigenvalue weighted by Gasteiger charge is 2.11. The maximum Gasteiger partial charge on any atom is 0.336 e. The first-order valence-corrected chi connectivity index (χ1v) is 4.49. The molecule has 2 heterocycles. The smallest absolute Gasteiger partial charge is 0.336 e. The fraction of sp³-hybridized carbons (Fsp3) is 0.111. The van der Waals surface area contributed by atoms with Gasteiger partial charge in [0.15, 0.2) is 0 Å². The molecule has 0 bridgehead atoms. The van der Waals surface area contributed by atoms with E-state index in [0.717, 1.165) is 6.07 Å². The lowest BCUT2D eigenvalue weighted by Crippen LogP contribution is -2.15. The lowest BCUT2D eigenvalue weighted by molar-refractivity contribution is 0.0696. The van der Waals surface area contributed by atoms with Crippen LogP contribution in [0.5, 0.6) is 0 Å². The monoisotopic (exact) mass is 226 g/mol. The standard InChI is InChI=1S/C9H7ClN2O3/c1-11-4-6(10)12-7(11)2-5(9(14)15)3-8(12)13/h2-4H,1H3,(H,14,15). The van der Waals surface area contributed by atoms with Gasteiger partial charge in [-0.2, -0.15) is 0 Å². The Morgan fingerprint density at radius 1 is 1.47 bits per heavy atom. The zero-order chi connectivity index (χ0) is 11.2. The van der Waals surface area contributed by atoms with Crippen LogP contribution in [0, 0.1) is 0 Å². The summed E-state index contributed by atoms with van der Waals surface area (Å²) in [7, 11) is 1.69. The molecule has 0 unspecified atom stereocenters. The highest BCUT2D eigenvalue weighted by atomic mass is 35.5. The number of carboxylic acid groups (broad SMARTS) is 1. The van der Waals surface area contributed by atoms with E-state index in [1.165, 1.54) is 10.5 Å². The van der Waals surface area contributed by atoms with Gasteiger partial charge in [0.25, 0.3) is 5.56 Å². The van der Waals surface area contributed by atoms with Crippen LogP contribution in [0.2, 0.25) is 5.15 Å². The molecule has 0 aliphatic carbocycles. The molecule has 0 amide bonds. The summed E-state index contributed by atoms with van der Waals surface area (Å²) >= 11 is 5.81. The maximum atomic E-state index is 11.5. The molecule has 5 nitrogen and oxygen atoms in total. The van der Waals surface area contributed by atoms with Crippen molar-refractivity contribution in [1.82, 2.24) is 8.97 Å². The molecule has 2 aromatic rings. The number of hydrogen-bond donors (Lipinski definition) is 1. The highest BCUT2D eigenvalue weighted by Crippen LogP contribution is 2.13. The van der Waals surface area contributed by atoms with E-state index < -0.39 is 11.5 Å². The van der Waals surface area contributed by atoms with Gasteiger partial charge < -0.3 is 9.67 Å². The number of nitrogens with zero attached hydrogens (tertiary/aromatic N) is 2. The van der Waals surface area contributed by atoms with E-state index in [1.54, 1.807) is 17.8 Å². The van der Waals surface area contributed by atoms with Gasteiger partial charge in [-0.3, -0.25) is 9.20 Å². The van der Waals surface area contributed by atoms with Gasteiger partial charge in [-0.05, 0) is 6.07 Å². The molecular formula is C9H7ClN2O3. The largest absolute Gasteiger partial charge is 0.478 e. The summed E-state index contributed by atoms with van der Waals surface area (Å²) in [6, 6.07) is 2.44.